The average molecular weight is 398 g/mol. The van der Waals surface area contributed by atoms with E-state index in [1.807, 2.05) is 0 Å². The molecule has 0 spiro atoms. The number of esters is 1. The minimum atomic E-state index is -3.59. The van der Waals surface area contributed by atoms with E-state index < -0.39 is 28.0 Å². The minimum Gasteiger partial charge on any atom is -0.452 e. The van der Waals surface area contributed by atoms with Crippen LogP contribution in [-0.4, -0.2) is 45.7 Å². The Morgan fingerprint density at radius 3 is 2.26 bits per heavy atom. The quantitative estimate of drug-likeness (QED) is 0.676. The van der Waals surface area contributed by atoms with Gasteiger partial charge in [0.05, 0.1) is 10.8 Å². The van der Waals surface area contributed by atoms with Gasteiger partial charge < -0.3 is 14.8 Å². The highest BCUT2D eigenvalue weighted by molar-refractivity contribution is 7.89. The number of ether oxygens (including phenoxy) is 2. The third-order valence-electron chi connectivity index (χ3n) is 4.04. The fourth-order valence-corrected chi connectivity index (χ4v) is 3.85. The summed E-state index contributed by atoms with van der Waals surface area (Å²) < 4.78 is 37.1. The summed E-state index contributed by atoms with van der Waals surface area (Å²) in [6.45, 7) is 5.99. The molecule has 27 heavy (non-hydrogen) atoms. The van der Waals surface area contributed by atoms with Crippen molar-refractivity contribution in [2.45, 2.75) is 50.7 Å². The largest absolute Gasteiger partial charge is 0.452 e. The van der Waals surface area contributed by atoms with Gasteiger partial charge in [0, 0.05) is 24.9 Å². The molecule has 9 heteroatoms. The second kappa shape index (κ2) is 9.29. The van der Waals surface area contributed by atoms with E-state index >= 15 is 0 Å². The van der Waals surface area contributed by atoms with Crippen molar-refractivity contribution >= 4 is 27.6 Å². The second-order valence-corrected chi connectivity index (χ2v) is 8.47. The molecular formula is C18H26N2O6S. The van der Waals surface area contributed by atoms with Crippen LogP contribution in [0.3, 0.4) is 0 Å². The lowest BCUT2D eigenvalue weighted by Gasteiger charge is -2.22. The van der Waals surface area contributed by atoms with Crippen LogP contribution in [0.15, 0.2) is 29.2 Å². The third kappa shape index (κ3) is 6.30. The molecule has 0 saturated carbocycles. The normalized spacial score (nSPS) is 16.7. The predicted molar refractivity (Wildman–Crippen MR) is 99.6 cm³/mol. The van der Waals surface area contributed by atoms with Crippen LogP contribution >= 0.6 is 0 Å². The van der Waals surface area contributed by atoms with E-state index in [1.165, 1.54) is 31.2 Å². The second-order valence-electron chi connectivity index (χ2n) is 6.76. The minimum absolute atomic E-state index is 0.105. The zero-order valence-electron chi connectivity index (χ0n) is 15.7. The number of nitrogens with one attached hydrogen (secondary N) is 2. The fraction of sp³-hybridized carbons (Fsp3) is 0.556. The maximum Gasteiger partial charge on any atom is 0.309 e. The summed E-state index contributed by atoms with van der Waals surface area (Å²) in [6.07, 6.45) is 0.229. The molecule has 1 aromatic rings. The number of rotatable bonds is 7. The van der Waals surface area contributed by atoms with Gasteiger partial charge >= 0.3 is 5.97 Å². The van der Waals surface area contributed by atoms with Crippen LogP contribution in [0.25, 0.3) is 0 Å². The molecule has 1 heterocycles. The Kier molecular flexibility index (Phi) is 7.34. The lowest BCUT2D eigenvalue weighted by atomic mass is 10.0. The van der Waals surface area contributed by atoms with E-state index in [2.05, 4.69) is 10.0 Å². The molecule has 0 radical (unpaired) electrons. The molecule has 1 unspecified atom stereocenters. The molecule has 1 aromatic carbocycles. The van der Waals surface area contributed by atoms with Crippen LogP contribution in [0.2, 0.25) is 0 Å². The average Bonchev–Trinajstić information content (AvgIpc) is 2.61. The van der Waals surface area contributed by atoms with Crippen LogP contribution in [0.5, 0.6) is 0 Å². The summed E-state index contributed by atoms with van der Waals surface area (Å²) in [5.74, 6) is -1.12. The summed E-state index contributed by atoms with van der Waals surface area (Å²) in [5, 5.41) is 2.61. The SMILES string of the molecule is CC(C)NS(=O)(=O)c1ccc(NC(=O)C(C)OC(=O)C2CCOCC2)cc1. The van der Waals surface area contributed by atoms with Gasteiger partial charge in [-0.1, -0.05) is 0 Å². The lowest BCUT2D eigenvalue weighted by molar-refractivity contribution is -0.160. The van der Waals surface area contributed by atoms with Gasteiger partial charge in [-0.2, -0.15) is 0 Å². The molecule has 8 nitrogen and oxygen atoms in total. The monoisotopic (exact) mass is 398 g/mol. The predicted octanol–water partition coefficient (Wildman–Crippen LogP) is 1.67. The van der Waals surface area contributed by atoms with Crippen molar-refractivity contribution in [3.05, 3.63) is 24.3 Å². The lowest BCUT2D eigenvalue weighted by Crippen LogP contribution is -2.34. The molecule has 0 aromatic heterocycles. The number of carbonyl (C=O) groups excluding carboxylic acids is 2. The smallest absolute Gasteiger partial charge is 0.309 e. The highest BCUT2D eigenvalue weighted by Gasteiger charge is 2.26. The van der Waals surface area contributed by atoms with Crippen molar-refractivity contribution in [3.8, 4) is 0 Å². The number of amides is 1. The number of hydrogen-bond acceptors (Lipinski definition) is 6. The Morgan fingerprint density at radius 2 is 1.70 bits per heavy atom. The van der Waals surface area contributed by atoms with Crippen LogP contribution < -0.4 is 10.0 Å². The van der Waals surface area contributed by atoms with Gasteiger partial charge in [0.2, 0.25) is 10.0 Å². The Balaban J connectivity index is 1.92. The van der Waals surface area contributed by atoms with Crippen LogP contribution in [0, 0.1) is 5.92 Å². The summed E-state index contributed by atoms with van der Waals surface area (Å²) in [5.41, 5.74) is 0.414. The number of anilines is 1. The van der Waals surface area contributed by atoms with Crippen molar-refractivity contribution in [2.24, 2.45) is 5.92 Å². The molecule has 1 atom stereocenters. The Morgan fingerprint density at radius 1 is 1.11 bits per heavy atom. The summed E-state index contributed by atoms with van der Waals surface area (Å²) >= 11 is 0. The van der Waals surface area contributed by atoms with Crippen LogP contribution in [0.1, 0.15) is 33.6 Å². The molecule has 1 saturated heterocycles. The first-order valence-electron chi connectivity index (χ1n) is 8.90. The first-order valence-corrected chi connectivity index (χ1v) is 10.4. The van der Waals surface area contributed by atoms with E-state index in [1.54, 1.807) is 13.8 Å². The maximum absolute atomic E-state index is 12.2. The molecule has 150 valence electrons. The molecular weight excluding hydrogens is 372 g/mol. The number of carbonyl (C=O) groups is 2. The molecule has 2 rings (SSSR count). The van der Waals surface area contributed by atoms with Crippen molar-refractivity contribution in [3.63, 3.8) is 0 Å². The molecule has 0 aliphatic carbocycles. The topological polar surface area (TPSA) is 111 Å². The van der Waals surface area contributed by atoms with E-state index in [-0.39, 0.29) is 16.9 Å². The first kappa shape index (κ1) is 21.3. The summed E-state index contributed by atoms with van der Waals surface area (Å²) in [6, 6.07) is 5.55. The highest BCUT2D eigenvalue weighted by atomic mass is 32.2. The number of benzene rings is 1. The van der Waals surface area contributed by atoms with E-state index in [4.69, 9.17) is 9.47 Å². The molecule has 1 aliphatic heterocycles. The summed E-state index contributed by atoms with van der Waals surface area (Å²) in [4.78, 5) is 24.4. The van der Waals surface area contributed by atoms with Crippen molar-refractivity contribution in [1.29, 1.82) is 0 Å². The van der Waals surface area contributed by atoms with Gasteiger partial charge in [-0.15, -0.1) is 0 Å². The van der Waals surface area contributed by atoms with Gasteiger partial charge in [0.15, 0.2) is 6.10 Å². The van der Waals surface area contributed by atoms with Gasteiger partial charge in [-0.25, -0.2) is 13.1 Å². The fourth-order valence-electron chi connectivity index (χ4n) is 2.60. The number of hydrogen-bond donors (Lipinski definition) is 2. The molecule has 1 aliphatic rings. The van der Waals surface area contributed by atoms with Crippen molar-refractivity contribution < 1.29 is 27.5 Å². The molecule has 2 N–H and O–H groups in total. The van der Waals surface area contributed by atoms with Gasteiger partial charge in [0.1, 0.15) is 0 Å². The van der Waals surface area contributed by atoms with Crippen molar-refractivity contribution in [2.75, 3.05) is 18.5 Å². The first-order chi connectivity index (χ1) is 12.7. The third-order valence-corrected chi connectivity index (χ3v) is 5.71. The van der Waals surface area contributed by atoms with Gasteiger partial charge in [-0.05, 0) is 57.9 Å². The highest BCUT2D eigenvalue weighted by Crippen LogP contribution is 2.18. The zero-order chi connectivity index (χ0) is 20.0. The van der Waals surface area contributed by atoms with Crippen LogP contribution in [-0.2, 0) is 29.1 Å². The molecule has 1 amide bonds. The van der Waals surface area contributed by atoms with Crippen molar-refractivity contribution in [1.82, 2.24) is 4.72 Å². The Bertz CT molecular complexity index is 755. The van der Waals surface area contributed by atoms with E-state index in [0.29, 0.717) is 31.7 Å². The van der Waals surface area contributed by atoms with E-state index in [9.17, 15) is 18.0 Å². The maximum atomic E-state index is 12.2. The molecule has 1 fully saturated rings. The van der Waals surface area contributed by atoms with Gasteiger partial charge in [0.25, 0.3) is 5.91 Å². The van der Waals surface area contributed by atoms with Crippen LogP contribution in [0.4, 0.5) is 5.69 Å². The standard InChI is InChI=1S/C18H26N2O6S/c1-12(2)20-27(23,24)16-6-4-15(5-7-16)19-17(21)13(3)26-18(22)14-8-10-25-11-9-14/h4-7,12-14,20H,8-11H2,1-3H3,(H,19,21). The zero-order valence-corrected chi connectivity index (χ0v) is 16.5. The molecule has 0 bridgehead atoms. The summed E-state index contributed by atoms with van der Waals surface area (Å²) in [7, 11) is -3.59. The Labute approximate surface area is 159 Å². The van der Waals surface area contributed by atoms with Gasteiger partial charge in [-0.3, -0.25) is 9.59 Å². The number of sulfonamides is 1. The Hall–Kier alpha value is -1.97. The van der Waals surface area contributed by atoms with E-state index in [0.717, 1.165) is 0 Å².